The van der Waals surface area contributed by atoms with E-state index < -0.39 is 5.63 Å². The molecule has 25 heavy (non-hydrogen) atoms. The molecule has 134 valence electrons. The fourth-order valence-electron chi connectivity index (χ4n) is 3.31. The van der Waals surface area contributed by atoms with E-state index in [4.69, 9.17) is 4.42 Å². The van der Waals surface area contributed by atoms with Crippen LogP contribution >= 0.6 is 11.8 Å². The van der Waals surface area contributed by atoms with Gasteiger partial charge >= 0.3 is 5.63 Å². The molecule has 0 aliphatic heterocycles. The lowest BCUT2D eigenvalue weighted by Gasteiger charge is -2.14. The highest BCUT2D eigenvalue weighted by molar-refractivity contribution is 7.99. The van der Waals surface area contributed by atoms with Gasteiger partial charge < -0.3 is 9.52 Å². The van der Waals surface area contributed by atoms with E-state index in [2.05, 4.69) is 18.7 Å². The normalized spacial score (nSPS) is 16.2. The number of thioether (sulfide) groups is 1. The molecular weight excluding hydrogens is 332 g/mol. The molecule has 0 bridgehead atoms. The quantitative estimate of drug-likeness (QED) is 0.734. The maximum Gasteiger partial charge on any atom is 0.343 e. The van der Waals surface area contributed by atoms with Gasteiger partial charge in [-0.3, -0.25) is 0 Å². The molecule has 1 heterocycles. The largest absolute Gasteiger partial charge is 0.507 e. The fourth-order valence-corrected chi connectivity index (χ4v) is 4.75. The first kappa shape index (κ1) is 18.1. The lowest BCUT2D eigenvalue weighted by Crippen LogP contribution is -2.11. The van der Waals surface area contributed by atoms with Crippen molar-refractivity contribution in [1.82, 2.24) is 0 Å². The molecule has 3 nitrogen and oxygen atoms in total. The van der Waals surface area contributed by atoms with Gasteiger partial charge in [0.15, 0.2) is 0 Å². The maximum absolute atomic E-state index is 12.3. The first-order valence-corrected chi connectivity index (χ1v) is 10.2. The molecule has 0 spiro atoms. The van der Waals surface area contributed by atoms with Crippen LogP contribution in [-0.4, -0.2) is 16.1 Å². The average molecular weight is 359 g/mol. The van der Waals surface area contributed by atoms with Crippen molar-refractivity contribution in [3.63, 3.8) is 0 Å². The molecule has 1 aromatic carbocycles. The highest BCUT2D eigenvalue weighted by Crippen LogP contribution is 2.31. The van der Waals surface area contributed by atoms with Gasteiger partial charge in [-0.15, -0.1) is 0 Å². The minimum Gasteiger partial charge on any atom is -0.507 e. The second kappa shape index (κ2) is 8.61. The lowest BCUT2D eigenvalue weighted by molar-refractivity contribution is 0.435. The molecular formula is C21H26O3S. The summed E-state index contributed by atoms with van der Waals surface area (Å²) in [5.41, 5.74) is 0.773. The van der Waals surface area contributed by atoms with Crippen LogP contribution < -0.4 is 5.63 Å². The molecule has 4 heteroatoms. The Kier molecular flexibility index (Phi) is 6.24. The van der Waals surface area contributed by atoms with Crippen LogP contribution in [0.2, 0.25) is 0 Å². The van der Waals surface area contributed by atoms with Crippen LogP contribution in [0.4, 0.5) is 0 Å². The van der Waals surface area contributed by atoms with Gasteiger partial charge in [-0.05, 0) is 37.4 Å². The molecule has 1 unspecified atom stereocenters. The van der Waals surface area contributed by atoms with Gasteiger partial charge in [0.05, 0.1) is 5.56 Å². The third-order valence-electron chi connectivity index (χ3n) is 4.89. The van der Waals surface area contributed by atoms with E-state index in [1.165, 1.54) is 25.7 Å². The molecule has 1 N–H and O–H groups in total. The van der Waals surface area contributed by atoms with Crippen molar-refractivity contribution in [2.75, 3.05) is 5.75 Å². The number of hydrogen-bond acceptors (Lipinski definition) is 4. The second-order valence-electron chi connectivity index (χ2n) is 7.01. The summed E-state index contributed by atoms with van der Waals surface area (Å²) < 4.78 is 5.43. The number of benzene rings is 1. The Morgan fingerprint density at radius 3 is 2.64 bits per heavy atom. The minimum absolute atomic E-state index is 0.0470. The maximum atomic E-state index is 12.3. The summed E-state index contributed by atoms with van der Waals surface area (Å²) in [5.74, 6) is 2.11. The van der Waals surface area contributed by atoms with E-state index in [0.717, 1.165) is 23.0 Å². The van der Waals surface area contributed by atoms with Crippen LogP contribution in [-0.2, 0) is 6.42 Å². The van der Waals surface area contributed by atoms with Gasteiger partial charge in [-0.2, -0.15) is 11.8 Å². The molecule has 0 amide bonds. The molecule has 3 rings (SSSR count). The molecule has 1 aromatic heterocycles. The van der Waals surface area contributed by atoms with Crippen molar-refractivity contribution < 1.29 is 9.52 Å². The van der Waals surface area contributed by atoms with Crippen LogP contribution in [0, 0.1) is 5.92 Å². The van der Waals surface area contributed by atoms with Crippen molar-refractivity contribution in [3.8, 4) is 17.1 Å². The standard InChI is InChI=1S/C21H26O3S/c1-15(14-25-17-9-5-6-10-17)11-12-18-19(22)13-20(24-21(18)23)16-7-3-2-4-8-16/h2-4,7-8,13,15,17,22H,5-6,9-12,14H2,1H3. The minimum atomic E-state index is -0.422. The lowest BCUT2D eigenvalue weighted by atomic mass is 10.0. The molecule has 1 aliphatic rings. The summed E-state index contributed by atoms with van der Waals surface area (Å²) in [6.45, 7) is 2.22. The fraction of sp³-hybridized carbons (Fsp3) is 0.476. The van der Waals surface area contributed by atoms with E-state index in [-0.39, 0.29) is 5.75 Å². The average Bonchev–Trinajstić information content (AvgIpc) is 3.13. The molecule has 1 aliphatic carbocycles. The van der Waals surface area contributed by atoms with Crippen LogP contribution in [0.1, 0.15) is 44.6 Å². The third-order valence-corrected chi connectivity index (χ3v) is 6.59. The highest BCUT2D eigenvalue weighted by atomic mass is 32.2. The van der Waals surface area contributed by atoms with E-state index in [0.29, 0.717) is 23.7 Å². The van der Waals surface area contributed by atoms with Crippen molar-refractivity contribution in [1.29, 1.82) is 0 Å². The van der Waals surface area contributed by atoms with Gasteiger partial charge in [0.25, 0.3) is 0 Å². The van der Waals surface area contributed by atoms with Gasteiger partial charge in [0.1, 0.15) is 11.5 Å². The molecule has 1 atom stereocenters. The molecule has 1 fully saturated rings. The monoisotopic (exact) mass is 358 g/mol. The Morgan fingerprint density at radius 2 is 1.96 bits per heavy atom. The summed E-state index contributed by atoms with van der Waals surface area (Å²) in [4.78, 5) is 12.3. The Labute approximate surface area is 153 Å². The Balaban J connectivity index is 1.59. The van der Waals surface area contributed by atoms with E-state index in [1.54, 1.807) is 6.07 Å². The van der Waals surface area contributed by atoms with Crippen molar-refractivity contribution in [2.45, 2.75) is 50.7 Å². The molecule has 0 saturated heterocycles. The van der Waals surface area contributed by atoms with Crippen molar-refractivity contribution in [3.05, 3.63) is 52.4 Å². The third kappa shape index (κ3) is 4.91. The topological polar surface area (TPSA) is 50.4 Å². The van der Waals surface area contributed by atoms with Crippen LogP contribution in [0.25, 0.3) is 11.3 Å². The molecule has 1 saturated carbocycles. The summed E-state index contributed by atoms with van der Waals surface area (Å²) in [5, 5.41) is 11.1. The van der Waals surface area contributed by atoms with E-state index in [9.17, 15) is 9.90 Å². The highest BCUT2D eigenvalue weighted by Gasteiger charge is 2.18. The van der Waals surface area contributed by atoms with E-state index in [1.807, 2.05) is 30.3 Å². The van der Waals surface area contributed by atoms with Gasteiger partial charge in [-0.25, -0.2) is 4.79 Å². The van der Waals surface area contributed by atoms with Crippen molar-refractivity contribution in [2.24, 2.45) is 5.92 Å². The summed E-state index contributed by atoms with van der Waals surface area (Å²) in [6.07, 6.45) is 6.90. The first-order chi connectivity index (χ1) is 12.1. The Hall–Kier alpha value is -1.68. The van der Waals surface area contributed by atoms with Crippen molar-refractivity contribution >= 4 is 11.8 Å². The second-order valence-corrected chi connectivity index (χ2v) is 8.34. The Morgan fingerprint density at radius 1 is 1.24 bits per heavy atom. The number of rotatable bonds is 7. The van der Waals surface area contributed by atoms with Gasteiger partial charge in [0.2, 0.25) is 0 Å². The number of aromatic hydroxyl groups is 1. The van der Waals surface area contributed by atoms with Gasteiger partial charge in [0, 0.05) is 16.9 Å². The zero-order valence-electron chi connectivity index (χ0n) is 14.7. The first-order valence-electron chi connectivity index (χ1n) is 9.16. The predicted molar refractivity (Wildman–Crippen MR) is 104 cm³/mol. The molecule has 2 aromatic rings. The summed E-state index contributed by atoms with van der Waals surface area (Å²) in [7, 11) is 0. The zero-order chi connectivity index (χ0) is 17.6. The van der Waals surface area contributed by atoms with Crippen LogP contribution in [0.5, 0.6) is 5.75 Å². The smallest absolute Gasteiger partial charge is 0.343 e. The summed E-state index contributed by atoms with van der Waals surface area (Å²) in [6, 6.07) is 10.9. The Bertz CT molecular complexity index is 733. The van der Waals surface area contributed by atoms with E-state index >= 15 is 0 Å². The van der Waals surface area contributed by atoms with Crippen LogP contribution in [0.15, 0.2) is 45.6 Å². The summed E-state index contributed by atoms with van der Waals surface area (Å²) >= 11 is 2.07. The number of hydrogen-bond donors (Lipinski definition) is 1. The molecule has 0 radical (unpaired) electrons. The van der Waals surface area contributed by atoms with Crippen LogP contribution in [0.3, 0.4) is 0 Å². The zero-order valence-corrected chi connectivity index (χ0v) is 15.6. The van der Waals surface area contributed by atoms with Gasteiger partial charge in [-0.1, -0.05) is 50.1 Å². The predicted octanol–water partition coefficient (Wildman–Crippen LogP) is 5.26. The SMILES string of the molecule is CC(CCc1c(O)cc(-c2ccccc2)oc1=O)CSC1CCCC1.